The summed E-state index contributed by atoms with van der Waals surface area (Å²) in [5, 5.41) is 24.3. The standard InChI is InChI=1S/C27H34O7/c1-3-5-12-20(4-2)17-32-24(29)27(31,25-33-18-23(28)19-34-25)26(30,21-13-8-6-9-14-21)22-15-10-7-11-16-22/h6-11,13-16,20,25,30-31H,3-5,12,17-19H2,1-2H3/t20?,27-/m0/s1. The second kappa shape index (κ2) is 11.7. The second-order valence-electron chi connectivity index (χ2n) is 8.72. The van der Waals surface area contributed by atoms with Gasteiger partial charge in [-0.15, -0.1) is 0 Å². The molecule has 1 saturated heterocycles. The fraction of sp³-hybridized carbons (Fsp3) is 0.481. The lowest BCUT2D eigenvalue weighted by Gasteiger charge is -2.46. The summed E-state index contributed by atoms with van der Waals surface area (Å²) in [7, 11) is 0. The van der Waals surface area contributed by atoms with Crippen molar-refractivity contribution in [2.24, 2.45) is 5.92 Å². The zero-order chi connectivity index (χ0) is 24.6. The van der Waals surface area contributed by atoms with Gasteiger partial charge in [0.15, 0.2) is 11.4 Å². The highest BCUT2D eigenvalue weighted by Gasteiger charge is 2.65. The average Bonchev–Trinajstić information content (AvgIpc) is 2.89. The van der Waals surface area contributed by atoms with Gasteiger partial charge in [0.2, 0.25) is 6.29 Å². The summed E-state index contributed by atoms with van der Waals surface area (Å²) in [6.45, 7) is 3.49. The smallest absolute Gasteiger partial charge is 0.347 e. The molecule has 0 amide bonds. The van der Waals surface area contributed by atoms with E-state index in [-0.39, 0.29) is 42.6 Å². The molecule has 1 fully saturated rings. The van der Waals surface area contributed by atoms with Gasteiger partial charge in [-0.3, -0.25) is 4.79 Å². The molecule has 184 valence electrons. The van der Waals surface area contributed by atoms with Crippen LogP contribution in [0.15, 0.2) is 60.7 Å². The van der Waals surface area contributed by atoms with Gasteiger partial charge < -0.3 is 24.4 Å². The Kier molecular flexibility index (Phi) is 8.97. The molecule has 0 aliphatic carbocycles. The molecule has 1 heterocycles. The molecule has 0 saturated carbocycles. The SMILES string of the molecule is CCCCC(CC)COC(=O)[C@](O)(C1OCC(=O)CO1)C(O)(c1ccccc1)c1ccccc1. The number of hydrogen-bond acceptors (Lipinski definition) is 7. The summed E-state index contributed by atoms with van der Waals surface area (Å²) in [5.41, 5.74) is -4.48. The van der Waals surface area contributed by atoms with Crippen LogP contribution < -0.4 is 0 Å². The molecular formula is C27H34O7. The predicted molar refractivity (Wildman–Crippen MR) is 126 cm³/mol. The molecule has 0 radical (unpaired) electrons. The Hall–Kier alpha value is -2.58. The second-order valence-corrected chi connectivity index (χ2v) is 8.72. The Labute approximate surface area is 200 Å². The highest BCUT2D eigenvalue weighted by molar-refractivity contribution is 5.85. The summed E-state index contributed by atoms with van der Waals surface area (Å²) >= 11 is 0. The van der Waals surface area contributed by atoms with Crippen molar-refractivity contribution in [3.8, 4) is 0 Å². The molecule has 1 unspecified atom stereocenters. The van der Waals surface area contributed by atoms with Crippen LogP contribution in [0.4, 0.5) is 0 Å². The molecule has 1 aliphatic rings. The molecule has 2 N–H and O–H groups in total. The van der Waals surface area contributed by atoms with E-state index in [4.69, 9.17) is 14.2 Å². The summed E-state index contributed by atoms with van der Waals surface area (Å²) in [6, 6.07) is 16.7. The quantitative estimate of drug-likeness (QED) is 0.486. The van der Waals surface area contributed by atoms with Crippen molar-refractivity contribution in [1.29, 1.82) is 0 Å². The molecule has 2 atom stereocenters. The summed E-state index contributed by atoms with van der Waals surface area (Å²) < 4.78 is 16.6. The number of ether oxygens (including phenoxy) is 3. The number of aliphatic hydroxyl groups is 2. The van der Waals surface area contributed by atoms with Crippen molar-refractivity contribution in [2.75, 3.05) is 19.8 Å². The van der Waals surface area contributed by atoms with Gasteiger partial charge >= 0.3 is 5.97 Å². The lowest BCUT2D eigenvalue weighted by molar-refractivity contribution is -0.293. The lowest BCUT2D eigenvalue weighted by atomic mass is 9.72. The van der Waals surface area contributed by atoms with Crippen LogP contribution in [0.3, 0.4) is 0 Å². The number of hydrogen-bond donors (Lipinski definition) is 2. The summed E-state index contributed by atoms with van der Waals surface area (Å²) in [5.74, 6) is -1.29. The largest absolute Gasteiger partial charge is 0.463 e. The molecule has 34 heavy (non-hydrogen) atoms. The van der Waals surface area contributed by atoms with Crippen molar-refractivity contribution in [1.82, 2.24) is 0 Å². The molecule has 2 aromatic carbocycles. The third kappa shape index (κ3) is 5.23. The maximum absolute atomic E-state index is 13.7. The first-order valence-corrected chi connectivity index (χ1v) is 11.9. The molecule has 7 nitrogen and oxygen atoms in total. The van der Waals surface area contributed by atoms with Crippen LogP contribution >= 0.6 is 0 Å². The normalized spacial score (nSPS) is 17.7. The maximum Gasteiger partial charge on any atom is 0.347 e. The van der Waals surface area contributed by atoms with Crippen LogP contribution in [0.25, 0.3) is 0 Å². The van der Waals surface area contributed by atoms with E-state index < -0.39 is 23.5 Å². The third-order valence-corrected chi connectivity index (χ3v) is 6.37. The van der Waals surface area contributed by atoms with Gasteiger partial charge in [0.25, 0.3) is 5.60 Å². The van der Waals surface area contributed by atoms with Gasteiger partial charge in [0.05, 0.1) is 6.61 Å². The summed E-state index contributed by atoms with van der Waals surface area (Å²) in [6.07, 6.45) is 2.08. The number of carbonyl (C=O) groups excluding carboxylic acids is 2. The zero-order valence-corrected chi connectivity index (χ0v) is 19.8. The lowest BCUT2D eigenvalue weighted by Crippen LogP contribution is -2.67. The number of rotatable bonds is 11. The van der Waals surface area contributed by atoms with Gasteiger partial charge in [-0.1, -0.05) is 93.8 Å². The predicted octanol–water partition coefficient (Wildman–Crippen LogP) is 3.36. The van der Waals surface area contributed by atoms with E-state index in [1.54, 1.807) is 60.7 Å². The third-order valence-electron chi connectivity index (χ3n) is 6.37. The van der Waals surface area contributed by atoms with E-state index in [0.29, 0.717) is 0 Å². The topological polar surface area (TPSA) is 102 Å². The number of unbranched alkanes of at least 4 members (excludes halogenated alkanes) is 1. The number of ketones is 1. The molecule has 0 aromatic heterocycles. The fourth-order valence-electron chi connectivity index (χ4n) is 4.25. The number of esters is 1. The van der Waals surface area contributed by atoms with Crippen LogP contribution in [-0.4, -0.2) is 53.7 Å². The first-order chi connectivity index (χ1) is 16.4. The zero-order valence-electron chi connectivity index (χ0n) is 19.8. The Morgan fingerprint density at radius 3 is 2.00 bits per heavy atom. The van der Waals surface area contributed by atoms with E-state index in [2.05, 4.69) is 6.92 Å². The minimum absolute atomic E-state index is 0.0863. The highest BCUT2D eigenvalue weighted by atomic mass is 16.7. The molecule has 2 aromatic rings. The van der Waals surface area contributed by atoms with Crippen LogP contribution in [0, 0.1) is 5.92 Å². The highest BCUT2D eigenvalue weighted by Crippen LogP contribution is 2.44. The van der Waals surface area contributed by atoms with Crippen molar-refractivity contribution in [3.05, 3.63) is 71.8 Å². The molecular weight excluding hydrogens is 436 g/mol. The van der Waals surface area contributed by atoms with E-state index in [0.717, 1.165) is 25.7 Å². The maximum atomic E-state index is 13.7. The molecule has 0 bridgehead atoms. The van der Waals surface area contributed by atoms with Crippen molar-refractivity contribution < 1.29 is 34.0 Å². The monoisotopic (exact) mass is 470 g/mol. The van der Waals surface area contributed by atoms with Gasteiger partial charge in [-0.2, -0.15) is 0 Å². The van der Waals surface area contributed by atoms with E-state index in [1.165, 1.54) is 0 Å². The number of carbonyl (C=O) groups is 2. The van der Waals surface area contributed by atoms with Crippen LogP contribution in [0.2, 0.25) is 0 Å². The molecule has 7 heteroatoms. The van der Waals surface area contributed by atoms with Crippen LogP contribution in [0.5, 0.6) is 0 Å². The minimum atomic E-state index is -2.69. The Morgan fingerprint density at radius 2 is 1.53 bits per heavy atom. The molecule has 1 aliphatic heterocycles. The van der Waals surface area contributed by atoms with Crippen molar-refractivity contribution in [3.63, 3.8) is 0 Å². The Balaban J connectivity index is 2.07. The van der Waals surface area contributed by atoms with Crippen LogP contribution in [0.1, 0.15) is 50.7 Å². The number of Topliss-reactive ketones (excluding diaryl/α,β-unsaturated/α-hetero) is 1. The van der Waals surface area contributed by atoms with Crippen molar-refractivity contribution in [2.45, 2.75) is 57.0 Å². The van der Waals surface area contributed by atoms with Gasteiger partial charge in [-0.05, 0) is 23.5 Å². The fourth-order valence-corrected chi connectivity index (χ4v) is 4.25. The van der Waals surface area contributed by atoms with E-state index in [9.17, 15) is 19.8 Å². The van der Waals surface area contributed by atoms with E-state index >= 15 is 0 Å². The van der Waals surface area contributed by atoms with Crippen molar-refractivity contribution >= 4 is 11.8 Å². The number of benzene rings is 2. The van der Waals surface area contributed by atoms with Gasteiger partial charge in [0, 0.05) is 0 Å². The van der Waals surface area contributed by atoms with E-state index in [1.807, 2.05) is 6.92 Å². The Bertz CT molecular complexity index is 881. The molecule has 0 spiro atoms. The molecule has 3 rings (SSSR count). The first-order valence-electron chi connectivity index (χ1n) is 11.9. The Morgan fingerprint density at radius 1 is 1.00 bits per heavy atom. The van der Waals surface area contributed by atoms with Gasteiger partial charge in [0.1, 0.15) is 13.2 Å². The minimum Gasteiger partial charge on any atom is -0.463 e. The summed E-state index contributed by atoms with van der Waals surface area (Å²) in [4.78, 5) is 25.4. The van der Waals surface area contributed by atoms with Crippen LogP contribution in [-0.2, 0) is 29.4 Å². The average molecular weight is 471 g/mol. The first kappa shape index (κ1) is 26.0. The van der Waals surface area contributed by atoms with Gasteiger partial charge in [-0.25, -0.2) is 4.79 Å².